The second-order valence-corrected chi connectivity index (χ2v) is 22.9. The normalized spacial score (nSPS) is 18.2. The van der Waals surface area contributed by atoms with Crippen molar-refractivity contribution in [3.05, 3.63) is 0 Å². The summed E-state index contributed by atoms with van der Waals surface area (Å²) in [6.07, 6.45) is 0.909. The third-order valence-corrected chi connectivity index (χ3v) is 10.6. The van der Waals surface area contributed by atoms with Gasteiger partial charge in [0.25, 0.3) is 0 Å². The minimum absolute atomic E-state index is 0.00315. The fourth-order valence-electron chi connectivity index (χ4n) is 5.76. The second-order valence-electron chi connectivity index (χ2n) is 22.9. The number of hydrogen-bond acceptors (Lipinski definition) is 32. The quantitative estimate of drug-likeness (QED) is 0.0218. The van der Waals surface area contributed by atoms with Crippen LogP contribution >= 0.6 is 0 Å². The third-order valence-electron chi connectivity index (χ3n) is 10.6. The third kappa shape index (κ3) is 107. The number of carbonyl (C=O) groups is 5. The van der Waals surface area contributed by atoms with E-state index in [1.165, 1.54) is 48.1 Å². The molecule has 0 spiro atoms. The molecule has 0 aromatic heterocycles. The Morgan fingerprint density at radius 3 is 0.809 bits per heavy atom. The second kappa shape index (κ2) is 69.4. The molecule has 5 fully saturated rings. The monoisotopic (exact) mass is 1380 g/mol. The molecule has 5 aliphatic rings. The summed E-state index contributed by atoms with van der Waals surface area (Å²) in [5, 5.41) is 62.6. The van der Waals surface area contributed by atoms with Crippen LogP contribution in [0.15, 0.2) is 0 Å². The summed E-state index contributed by atoms with van der Waals surface area (Å²) in [6.45, 7) is 23.9. The molecule has 7 N–H and O–H groups in total. The van der Waals surface area contributed by atoms with Gasteiger partial charge in [-0.15, -0.1) is 0 Å². The van der Waals surface area contributed by atoms with E-state index < -0.39 is 42.3 Å². The zero-order valence-electron chi connectivity index (χ0n) is 61.2. The van der Waals surface area contributed by atoms with Gasteiger partial charge in [-0.05, 0) is 83.2 Å². The number of ether oxygens (including phenoxy) is 15. The molecule has 9 unspecified atom stereocenters. The average molecular weight is 1380 g/mol. The van der Waals surface area contributed by atoms with Gasteiger partial charge in [0.1, 0.15) is 69.7 Å². The highest BCUT2D eigenvalue weighted by atomic mass is 16.6. The van der Waals surface area contributed by atoms with Crippen molar-refractivity contribution in [2.45, 2.75) is 141 Å². The average Bonchev–Trinajstić information content (AvgIpc) is 1.94. The molecule has 0 radical (unpaired) electrons. The minimum Gasteiger partial charge on any atom is -0.463 e. The van der Waals surface area contributed by atoms with Crippen LogP contribution < -0.4 is 0 Å². The van der Waals surface area contributed by atoms with E-state index in [0.29, 0.717) is 63.9 Å². The van der Waals surface area contributed by atoms with Crippen LogP contribution in [-0.2, 0) is 95.0 Å². The number of aliphatic hydroxyl groups excluding tert-OH is 7. The summed E-state index contributed by atoms with van der Waals surface area (Å²) in [5.41, 5.74) is 0. The molecular formula is C62H131N5O27. The molecular weight excluding hydrogens is 1250 g/mol. The molecule has 0 saturated carbocycles. The van der Waals surface area contributed by atoms with Gasteiger partial charge in [-0.3, -0.25) is 24.0 Å². The SMILES string of the molecule is CC(=O)OCC(O)CN(C)C.CC(=O)OCC(O)COC(C)=O.CC(=O)OCC1CO1.CCC(C)O.CCC1CO1.CN(C)CC(O)CN(C)C.CN(CC1CO1)CC1CO1.COCC(O)CN(C)C.COCC(O)COC.COCC(O)COC(C)=O.COCC1CO1. The van der Waals surface area contributed by atoms with E-state index in [4.69, 9.17) is 63.8 Å². The van der Waals surface area contributed by atoms with E-state index in [9.17, 15) is 29.1 Å². The van der Waals surface area contributed by atoms with E-state index in [1.54, 1.807) is 35.4 Å². The van der Waals surface area contributed by atoms with Gasteiger partial charge < -0.3 is 131 Å². The molecule has 5 rings (SSSR count). The van der Waals surface area contributed by atoms with Gasteiger partial charge in [0.15, 0.2) is 0 Å². The largest absolute Gasteiger partial charge is 0.463 e. The summed E-state index contributed by atoms with van der Waals surface area (Å²) >= 11 is 0. The summed E-state index contributed by atoms with van der Waals surface area (Å²) < 4.78 is 70.6. The zero-order chi connectivity index (χ0) is 73.6. The Hall–Kier alpha value is -3.53. The summed E-state index contributed by atoms with van der Waals surface area (Å²) in [4.78, 5) is 61.0. The molecule has 566 valence electrons. The van der Waals surface area contributed by atoms with E-state index in [2.05, 4.69) is 56.8 Å². The summed E-state index contributed by atoms with van der Waals surface area (Å²) in [6, 6.07) is 0. The van der Waals surface area contributed by atoms with E-state index in [-0.39, 0.29) is 69.4 Å². The van der Waals surface area contributed by atoms with Crippen molar-refractivity contribution < 1.29 is 131 Å². The number of esters is 5. The highest BCUT2D eigenvalue weighted by Gasteiger charge is 2.29. The maximum atomic E-state index is 10.3. The van der Waals surface area contributed by atoms with E-state index in [1.807, 2.05) is 82.9 Å². The Bertz CT molecular complexity index is 1640. The molecule has 9 atom stereocenters. The molecule has 5 aliphatic heterocycles. The Balaban J connectivity index is -0.000000228. The lowest BCUT2D eigenvalue weighted by molar-refractivity contribution is -0.150. The molecule has 0 amide bonds. The fraction of sp³-hybridized carbons (Fsp3) is 0.919. The van der Waals surface area contributed by atoms with Crippen LogP contribution in [0.2, 0.25) is 0 Å². The van der Waals surface area contributed by atoms with Gasteiger partial charge in [-0.25, -0.2) is 0 Å². The first-order chi connectivity index (χ1) is 44.0. The highest BCUT2D eigenvalue weighted by molar-refractivity contribution is 5.67. The Kier molecular flexibility index (Phi) is 74.9. The summed E-state index contributed by atoms with van der Waals surface area (Å²) in [7, 11) is 25.3. The van der Waals surface area contributed by atoms with Crippen LogP contribution in [0.4, 0.5) is 0 Å². The van der Waals surface area contributed by atoms with Crippen LogP contribution in [-0.4, -0.2) is 401 Å². The first kappa shape index (κ1) is 101. The predicted molar refractivity (Wildman–Crippen MR) is 351 cm³/mol. The number of methoxy groups -OCH3 is 5. The Morgan fingerprint density at radius 2 is 0.596 bits per heavy atom. The molecule has 0 bridgehead atoms. The number of epoxide rings is 5. The molecule has 32 heteroatoms. The Labute approximate surface area is 562 Å². The first-order valence-corrected chi connectivity index (χ1v) is 31.2. The van der Waals surface area contributed by atoms with Crippen molar-refractivity contribution in [2.75, 3.05) is 237 Å². The van der Waals surface area contributed by atoms with Crippen LogP contribution in [0, 0.1) is 0 Å². The topological polar surface area (TPSA) is 398 Å². The lowest BCUT2D eigenvalue weighted by atomic mass is 10.3. The van der Waals surface area contributed by atoms with Gasteiger partial charge in [0, 0.05) is 109 Å². The standard InChI is InChI=1S/C7H18N2O.C7H15NO3.C7H13NO2.C7H12O5.C6H15NO2.C6H12O4.C5H8O3.C5H12O3.C4H8O2.C4H8O.C4H10O/c1-8(2)5-7(10)6-9(3)4;1-6(9)11-5-7(10)4-8(2)3;1-8(2-6-4-9-6)3-7-5-10-7;1-5(8)11-3-7(10)4-12-6(2)9;1-7(2)4-6(8)5-9-3;1-5(7)10-4-6(8)3-9-2;1-4(6)7-2-5-3-8-5;1-7-3-5(6)4-8-2;1-5-2-4-3-6-4;1-2-4-3-5-4;1-3-4(2)5/h7,10H,5-6H2,1-4H3;7,10H,4-5H2,1-3H3;6-7H,2-5H2,1H3;7,10H,3-4H2,1-2H3;6,8H,4-5H2,1-3H3;6,8H,3-4H2,1-2H3;5H,2-3H2,1H3;5-6H,3-4H2,1-2H3;4H,2-3H2,1H3;4H,2-3H2,1H3;4-5H,3H2,1-2H3. The first-order valence-electron chi connectivity index (χ1n) is 31.2. The zero-order valence-corrected chi connectivity index (χ0v) is 61.2. The maximum Gasteiger partial charge on any atom is 0.302 e. The lowest BCUT2D eigenvalue weighted by Gasteiger charge is -2.19. The molecule has 5 saturated heterocycles. The number of carbonyl (C=O) groups excluding carboxylic acids is 5. The van der Waals surface area contributed by atoms with E-state index in [0.717, 1.165) is 72.2 Å². The fourth-order valence-corrected chi connectivity index (χ4v) is 5.76. The van der Waals surface area contributed by atoms with Crippen molar-refractivity contribution in [1.82, 2.24) is 24.5 Å². The van der Waals surface area contributed by atoms with Gasteiger partial charge >= 0.3 is 29.8 Å². The van der Waals surface area contributed by atoms with Crippen LogP contribution in [0.3, 0.4) is 0 Å². The van der Waals surface area contributed by atoms with Gasteiger partial charge in [0.05, 0.1) is 103 Å². The molecule has 0 aromatic carbocycles. The van der Waals surface area contributed by atoms with Crippen molar-refractivity contribution in [3.8, 4) is 0 Å². The van der Waals surface area contributed by atoms with Crippen LogP contribution in [0.5, 0.6) is 0 Å². The molecule has 0 aliphatic carbocycles. The number of likely N-dealkylation sites (N-methyl/N-ethyl adjacent to an activating group) is 5. The number of aliphatic hydroxyl groups is 7. The molecule has 5 heterocycles. The van der Waals surface area contributed by atoms with Gasteiger partial charge in [0.2, 0.25) is 0 Å². The highest BCUT2D eigenvalue weighted by Crippen LogP contribution is 2.14. The maximum absolute atomic E-state index is 10.3. The number of nitrogens with zero attached hydrogens (tertiary/aromatic N) is 5. The Morgan fingerprint density at radius 1 is 0.362 bits per heavy atom. The number of rotatable bonds is 34. The van der Waals surface area contributed by atoms with Crippen molar-refractivity contribution >= 4 is 29.8 Å². The van der Waals surface area contributed by atoms with E-state index >= 15 is 0 Å². The molecule has 94 heavy (non-hydrogen) atoms. The summed E-state index contributed by atoms with van der Waals surface area (Å²) in [5.74, 6) is -1.94. The van der Waals surface area contributed by atoms with Crippen molar-refractivity contribution in [2.24, 2.45) is 0 Å². The minimum atomic E-state index is -0.946. The lowest BCUT2D eigenvalue weighted by Crippen LogP contribution is -2.34. The molecule has 32 nitrogen and oxygen atoms in total. The smallest absolute Gasteiger partial charge is 0.302 e. The van der Waals surface area contributed by atoms with Crippen LogP contribution in [0.25, 0.3) is 0 Å². The predicted octanol–water partition coefficient (Wildman–Crippen LogP) is -1.56. The van der Waals surface area contributed by atoms with Crippen molar-refractivity contribution in [1.29, 1.82) is 0 Å². The van der Waals surface area contributed by atoms with Crippen LogP contribution in [0.1, 0.15) is 68.2 Å². The van der Waals surface area contributed by atoms with Gasteiger partial charge in [-0.2, -0.15) is 0 Å². The van der Waals surface area contributed by atoms with Crippen molar-refractivity contribution in [3.63, 3.8) is 0 Å². The van der Waals surface area contributed by atoms with Gasteiger partial charge in [-0.1, -0.05) is 13.8 Å². The molecule has 0 aromatic rings. The number of hydrogen-bond donors (Lipinski definition) is 7.